The Morgan fingerprint density at radius 1 is 1.36 bits per heavy atom. The summed E-state index contributed by atoms with van der Waals surface area (Å²) in [6, 6.07) is 0. The van der Waals surface area contributed by atoms with E-state index >= 15 is 0 Å². The molecule has 0 heterocycles. The summed E-state index contributed by atoms with van der Waals surface area (Å²) in [7, 11) is -3.43. The summed E-state index contributed by atoms with van der Waals surface area (Å²) < 4.78 is 50.4. The molecule has 0 unspecified atom stereocenters. The Balaban J connectivity index is 2.28. The fraction of sp³-hybridized carbons (Fsp3) is 1.00. The van der Waals surface area contributed by atoms with Gasteiger partial charge in [0, 0.05) is 5.41 Å². The molecule has 0 saturated heterocycles. The van der Waals surface area contributed by atoms with Gasteiger partial charge in [0.15, 0.2) is 0 Å². The van der Waals surface area contributed by atoms with E-state index in [2.05, 4.69) is 4.18 Å². The van der Waals surface area contributed by atoms with Crippen molar-refractivity contribution in [2.75, 3.05) is 26.2 Å². The number of alkyl halides is 2. The number of rotatable bonds is 5. The third-order valence-electron chi connectivity index (χ3n) is 2.53. The SMILES string of the molecule is CS(=O)(=O)OCC1CC(CF)(CF)C1. The fourth-order valence-corrected chi connectivity index (χ4v) is 2.20. The van der Waals surface area contributed by atoms with Crippen molar-refractivity contribution in [1.82, 2.24) is 0 Å². The Kier molecular flexibility index (Phi) is 3.47. The lowest BCUT2D eigenvalue weighted by Crippen LogP contribution is -2.43. The van der Waals surface area contributed by atoms with E-state index in [1.807, 2.05) is 0 Å². The summed E-state index contributed by atoms with van der Waals surface area (Å²) in [6.45, 7) is -1.32. The lowest BCUT2D eigenvalue weighted by molar-refractivity contribution is -0.0151. The molecule has 0 radical (unpaired) electrons. The van der Waals surface area contributed by atoms with Crippen LogP contribution in [0, 0.1) is 11.3 Å². The summed E-state index contributed by atoms with van der Waals surface area (Å²) in [5.41, 5.74) is -0.856. The first-order valence-corrected chi connectivity index (χ1v) is 6.19. The number of hydrogen-bond donors (Lipinski definition) is 0. The molecule has 6 heteroatoms. The van der Waals surface area contributed by atoms with Crippen LogP contribution in [0.4, 0.5) is 8.78 Å². The van der Waals surface area contributed by atoms with Gasteiger partial charge in [-0.15, -0.1) is 0 Å². The van der Waals surface area contributed by atoms with Crippen molar-refractivity contribution in [2.24, 2.45) is 11.3 Å². The maximum Gasteiger partial charge on any atom is 0.264 e. The van der Waals surface area contributed by atoms with E-state index in [0.29, 0.717) is 12.8 Å². The molecule has 84 valence electrons. The zero-order chi connectivity index (χ0) is 10.8. The third kappa shape index (κ3) is 2.88. The van der Waals surface area contributed by atoms with E-state index < -0.39 is 28.9 Å². The van der Waals surface area contributed by atoms with Crippen LogP contribution in [0.5, 0.6) is 0 Å². The van der Waals surface area contributed by atoms with Crippen LogP contribution in [-0.2, 0) is 14.3 Å². The second-order valence-electron chi connectivity index (χ2n) is 4.03. The second kappa shape index (κ2) is 4.10. The van der Waals surface area contributed by atoms with Gasteiger partial charge in [-0.05, 0) is 18.8 Å². The Morgan fingerprint density at radius 3 is 2.21 bits per heavy atom. The topological polar surface area (TPSA) is 43.4 Å². The van der Waals surface area contributed by atoms with Gasteiger partial charge in [0.05, 0.1) is 26.2 Å². The molecule has 0 spiro atoms. The van der Waals surface area contributed by atoms with E-state index in [9.17, 15) is 17.2 Å². The average molecular weight is 228 g/mol. The standard InChI is InChI=1S/C8H14F2O3S/c1-14(11,12)13-4-7-2-8(3-7,5-9)6-10/h7H,2-6H2,1H3. The van der Waals surface area contributed by atoms with Crippen LogP contribution in [0.25, 0.3) is 0 Å². The van der Waals surface area contributed by atoms with Crippen molar-refractivity contribution in [1.29, 1.82) is 0 Å². The summed E-state index contributed by atoms with van der Waals surface area (Å²) in [6.07, 6.45) is 1.70. The van der Waals surface area contributed by atoms with Crippen LogP contribution >= 0.6 is 0 Å². The summed E-state index contributed by atoms with van der Waals surface area (Å²) in [5, 5.41) is 0. The second-order valence-corrected chi connectivity index (χ2v) is 5.67. The molecule has 0 aliphatic heterocycles. The first-order chi connectivity index (χ1) is 6.41. The van der Waals surface area contributed by atoms with Gasteiger partial charge in [-0.3, -0.25) is 13.0 Å². The highest BCUT2D eigenvalue weighted by atomic mass is 32.2. The predicted octanol–water partition coefficient (Wildman–Crippen LogP) is 1.30. The first kappa shape index (κ1) is 11.8. The summed E-state index contributed by atoms with van der Waals surface area (Å²) in [4.78, 5) is 0. The molecule has 0 aromatic heterocycles. The highest BCUT2D eigenvalue weighted by Crippen LogP contribution is 2.46. The molecule has 0 bridgehead atoms. The van der Waals surface area contributed by atoms with Crippen LogP contribution < -0.4 is 0 Å². The van der Waals surface area contributed by atoms with Gasteiger partial charge < -0.3 is 0 Å². The monoisotopic (exact) mass is 228 g/mol. The minimum Gasteiger partial charge on any atom is -0.270 e. The van der Waals surface area contributed by atoms with E-state index in [4.69, 9.17) is 0 Å². The van der Waals surface area contributed by atoms with Crippen LogP contribution in [0.15, 0.2) is 0 Å². The zero-order valence-electron chi connectivity index (χ0n) is 8.00. The maximum atomic E-state index is 12.3. The molecular formula is C8H14F2O3S. The fourth-order valence-electron chi connectivity index (χ4n) is 1.76. The lowest BCUT2D eigenvalue weighted by Gasteiger charge is -2.43. The minimum atomic E-state index is -3.43. The van der Waals surface area contributed by atoms with Crippen molar-refractivity contribution in [2.45, 2.75) is 12.8 Å². The molecule has 0 aromatic rings. The van der Waals surface area contributed by atoms with Crippen molar-refractivity contribution in [3.8, 4) is 0 Å². The Labute approximate surface area is 82.6 Å². The van der Waals surface area contributed by atoms with Gasteiger partial charge in [0.1, 0.15) is 0 Å². The first-order valence-electron chi connectivity index (χ1n) is 4.37. The molecule has 1 saturated carbocycles. The van der Waals surface area contributed by atoms with Gasteiger partial charge in [0.25, 0.3) is 10.1 Å². The van der Waals surface area contributed by atoms with Gasteiger partial charge in [-0.2, -0.15) is 8.42 Å². The Hall–Kier alpha value is -0.230. The highest BCUT2D eigenvalue weighted by molar-refractivity contribution is 7.85. The maximum absolute atomic E-state index is 12.3. The molecule has 1 fully saturated rings. The van der Waals surface area contributed by atoms with Crippen molar-refractivity contribution in [3.63, 3.8) is 0 Å². The summed E-state index contributed by atoms with van der Waals surface area (Å²) in [5.74, 6) is -0.0313. The van der Waals surface area contributed by atoms with Gasteiger partial charge in [-0.25, -0.2) is 0 Å². The minimum absolute atomic E-state index is 0.0313. The molecule has 0 N–H and O–H groups in total. The molecule has 1 aliphatic rings. The molecule has 14 heavy (non-hydrogen) atoms. The highest BCUT2D eigenvalue weighted by Gasteiger charge is 2.44. The molecule has 0 amide bonds. The molecule has 3 nitrogen and oxygen atoms in total. The van der Waals surface area contributed by atoms with Crippen LogP contribution in [-0.4, -0.2) is 34.6 Å². The van der Waals surface area contributed by atoms with E-state index in [1.54, 1.807) is 0 Å². The van der Waals surface area contributed by atoms with Gasteiger partial charge in [0.2, 0.25) is 0 Å². The van der Waals surface area contributed by atoms with E-state index in [0.717, 1.165) is 6.26 Å². The molecule has 1 aliphatic carbocycles. The predicted molar refractivity (Wildman–Crippen MR) is 47.9 cm³/mol. The molecule has 0 aromatic carbocycles. The molecular weight excluding hydrogens is 214 g/mol. The van der Waals surface area contributed by atoms with E-state index in [-0.39, 0.29) is 12.5 Å². The largest absolute Gasteiger partial charge is 0.270 e. The van der Waals surface area contributed by atoms with Crippen LogP contribution in [0.2, 0.25) is 0 Å². The average Bonchev–Trinajstić information content (AvgIpc) is 2.01. The zero-order valence-corrected chi connectivity index (χ0v) is 8.82. The summed E-state index contributed by atoms with van der Waals surface area (Å²) >= 11 is 0. The number of hydrogen-bond acceptors (Lipinski definition) is 3. The van der Waals surface area contributed by atoms with Crippen LogP contribution in [0.1, 0.15) is 12.8 Å². The van der Waals surface area contributed by atoms with Gasteiger partial charge >= 0.3 is 0 Å². The quantitative estimate of drug-likeness (QED) is 0.666. The van der Waals surface area contributed by atoms with Crippen molar-refractivity contribution >= 4 is 10.1 Å². The van der Waals surface area contributed by atoms with Crippen LogP contribution in [0.3, 0.4) is 0 Å². The normalized spacial score (nSPS) is 21.9. The number of halogens is 2. The smallest absolute Gasteiger partial charge is 0.264 e. The van der Waals surface area contributed by atoms with E-state index in [1.165, 1.54) is 0 Å². The van der Waals surface area contributed by atoms with Crippen molar-refractivity contribution < 1.29 is 21.4 Å². The third-order valence-corrected chi connectivity index (χ3v) is 3.09. The Morgan fingerprint density at radius 2 is 1.86 bits per heavy atom. The Bertz CT molecular complexity index is 277. The molecule has 0 atom stereocenters. The lowest BCUT2D eigenvalue weighted by atomic mass is 9.64. The van der Waals surface area contributed by atoms with Gasteiger partial charge in [-0.1, -0.05) is 0 Å². The molecule has 1 rings (SSSR count). The van der Waals surface area contributed by atoms with Crippen molar-refractivity contribution in [3.05, 3.63) is 0 Å².